The molecule has 0 unspecified atom stereocenters. The molecule has 9 heteroatoms. The Morgan fingerprint density at radius 1 is 1.22 bits per heavy atom. The lowest BCUT2D eigenvalue weighted by Gasteiger charge is -2.13. The van der Waals surface area contributed by atoms with Crippen molar-refractivity contribution in [3.63, 3.8) is 0 Å². The normalized spacial score (nSPS) is 11.8. The summed E-state index contributed by atoms with van der Waals surface area (Å²) >= 11 is 6.07. The summed E-state index contributed by atoms with van der Waals surface area (Å²) in [7, 11) is -2.61. The standard InChI is InChI=1S/C18H20ClN3O4S/c1-4-12(2)20-21-18(23)13-9-10-14(19)17(11-13)27(24,25)22-15-7-5-6-8-16(15)26-3/h5-11,22H,4H2,1-3H3,(H,21,23)/b20-12-. The molecule has 2 aromatic rings. The van der Waals surface area contributed by atoms with Gasteiger partial charge in [-0.05, 0) is 43.7 Å². The molecule has 2 aromatic carbocycles. The van der Waals surface area contributed by atoms with Crippen LogP contribution in [0.3, 0.4) is 0 Å². The predicted octanol–water partition coefficient (Wildman–Crippen LogP) is 3.67. The lowest BCUT2D eigenvalue weighted by Crippen LogP contribution is -2.20. The molecular weight excluding hydrogens is 390 g/mol. The summed E-state index contributed by atoms with van der Waals surface area (Å²) in [6.07, 6.45) is 0.684. The molecular formula is C18H20ClN3O4S. The van der Waals surface area contributed by atoms with Crippen molar-refractivity contribution >= 4 is 38.9 Å². The summed E-state index contributed by atoms with van der Waals surface area (Å²) in [5.41, 5.74) is 3.50. The Morgan fingerprint density at radius 2 is 1.93 bits per heavy atom. The van der Waals surface area contributed by atoms with Gasteiger partial charge < -0.3 is 4.74 Å². The van der Waals surface area contributed by atoms with Gasteiger partial charge in [-0.3, -0.25) is 9.52 Å². The molecule has 1 amide bonds. The Hall–Kier alpha value is -2.58. The number of rotatable bonds is 7. The number of hydrogen-bond acceptors (Lipinski definition) is 5. The first kappa shape index (κ1) is 20.7. The first-order valence-electron chi connectivity index (χ1n) is 8.07. The number of carbonyl (C=O) groups is 1. The third-order valence-electron chi connectivity index (χ3n) is 3.69. The maximum atomic E-state index is 12.8. The minimum Gasteiger partial charge on any atom is -0.495 e. The lowest BCUT2D eigenvalue weighted by atomic mass is 10.2. The van der Waals surface area contributed by atoms with Crippen molar-refractivity contribution < 1.29 is 17.9 Å². The van der Waals surface area contributed by atoms with Crippen LogP contribution in [0.15, 0.2) is 52.5 Å². The summed E-state index contributed by atoms with van der Waals surface area (Å²) in [5, 5.41) is 3.91. The number of halogens is 1. The molecule has 0 spiro atoms. The number of hydrogen-bond donors (Lipinski definition) is 2. The van der Waals surface area contributed by atoms with Crippen molar-refractivity contribution in [3.8, 4) is 5.75 Å². The zero-order valence-electron chi connectivity index (χ0n) is 15.1. The van der Waals surface area contributed by atoms with Crippen LogP contribution in [0.4, 0.5) is 5.69 Å². The number of sulfonamides is 1. The third kappa shape index (κ3) is 5.21. The summed E-state index contributed by atoms with van der Waals surface area (Å²) in [6.45, 7) is 3.68. The number of nitrogens with one attached hydrogen (secondary N) is 2. The molecule has 0 bridgehead atoms. The van der Waals surface area contributed by atoms with Gasteiger partial charge in [-0.2, -0.15) is 5.10 Å². The van der Waals surface area contributed by atoms with E-state index in [9.17, 15) is 13.2 Å². The number of anilines is 1. The van der Waals surface area contributed by atoms with Gasteiger partial charge in [-0.15, -0.1) is 0 Å². The fourth-order valence-electron chi connectivity index (χ4n) is 2.07. The molecule has 144 valence electrons. The summed E-state index contributed by atoms with van der Waals surface area (Å²) in [4.78, 5) is 12.0. The van der Waals surface area contributed by atoms with E-state index < -0.39 is 15.9 Å². The molecule has 0 heterocycles. The Morgan fingerprint density at radius 3 is 2.59 bits per heavy atom. The monoisotopic (exact) mass is 409 g/mol. The number of methoxy groups -OCH3 is 1. The summed E-state index contributed by atoms with van der Waals surface area (Å²) < 4.78 is 33.1. The van der Waals surface area contributed by atoms with Crippen LogP contribution in [0.5, 0.6) is 5.75 Å². The van der Waals surface area contributed by atoms with Gasteiger partial charge in [-0.25, -0.2) is 13.8 Å². The quantitative estimate of drug-likeness (QED) is 0.538. The van der Waals surface area contributed by atoms with Crippen LogP contribution in [0.25, 0.3) is 0 Å². The molecule has 0 saturated carbocycles. The largest absolute Gasteiger partial charge is 0.495 e. The lowest BCUT2D eigenvalue weighted by molar-refractivity contribution is 0.0954. The second-order valence-electron chi connectivity index (χ2n) is 5.59. The molecule has 0 radical (unpaired) electrons. The Labute approximate surface area is 163 Å². The minimum atomic E-state index is -4.05. The summed E-state index contributed by atoms with van der Waals surface area (Å²) in [5.74, 6) is -0.177. The molecule has 2 N–H and O–H groups in total. The molecule has 2 rings (SSSR count). The minimum absolute atomic E-state index is 0.0119. The molecule has 0 aromatic heterocycles. The van der Waals surface area contributed by atoms with Gasteiger partial charge >= 0.3 is 0 Å². The van der Waals surface area contributed by atoms with E-state index in [-0.39, 0.29) is 21.2 Å². The molecule has 0 aliphatic rings. The van der Waals surface area contributed by atoms with E-state index in [0.29, 0.717) is 12.2 Å². The smallest absolute Gasteiger partial charge is 0.271 e. The summed E-state index contributed by atoms with van der Waals surface area (Å²) in [6, 6.07) is 10.5. The molecule has 0 fully saturated rings. The van der Waals surface area contributed by atoms with Crippen molar-refractivity contribution in [2.75, 3.05) is 11.8 Å². The van der Waals surface area contributed by atoms with Gasteiger partial charge in [0.15, 0.2) is 0 Å². The fourth-order valence-corrected chi connectivity index (χ4v) is 3.67. The second-order valence-corrected chi connectivity index (χ2v) is 7.65. The average Bonchev–Trinajstić information content (AvgIpc) is 2.66. The number of carbonyl (C=O) groups excluding carboxylic acids is 1. The molecule has 7 nitrogen and oxygen atoms in total. The molecule has 0 aliphatic carbocycles. The van der Waals surface area contributed by atoms with Gasteiger partial charge in [0.05, 0.1) is 17.8 Å². The highest BCUT2D eigenvalue weighted by Gasteiger charge is 2.21. The van der Waals surface area contributed by atoms with Gasteiger partial charge in [0, 0.05) is 11.3 Å². The molecule has 0 saturated heterocycles. The van der Waals surface area contributed by atoms with E-state index in [0.717, 1.165) is 5.71 Å². The number of ether oxygens (including phenoxy) is 1. The first-order chi connectivity index (χ1) is 12.8. The average molecular weight is 410 g/mol. The number of benzene rings is 2. The topological polar surface area (TPSA) is 96.9 Å². The molecule has 27 heavy (non-hydrogen) atoms. The highest BCUT2D eigenvalue weighted by molar-refractivity contribution is 7.92. The van der Waals surface area contributed by atoms with E-state index in [2.05, 4.69) is 15.2 Å². The van der Waals surface area contributed by atoms with Crippen LogP contribution < -0.4 is 14.9 Å². The number of nitrogens with zero attached hydrogens (tertiary/aromatic N) is 1. The van der Waals surface area contributed by atoms with Gasteiger partial charge in [-0.1, -0.05) is 30.7 Å². The second kappa shape index (κ2) is 8.88. The van der Waals surface area contributed by atoms with Crippen LogP contribution in [0, 0.1) is 0 Å². The highest BCUT2D eigenvalue weighted by atomic mass is 35.5. The number of amides is 1. The number of para-hydroxylation sites is 2. The van der Waals surface area contributed by atoms with Gasteiger partial charge in [0.1, 0.15) is 10.6 Å². The van der Waals surface area contributed by atoms with E-state index in [4.69, 9.17) is 16.3 Å². The van der Waals surface area contributed by atoms with Crippen LogP contribution >= 0.6 is 11.6 Å². The van der Waals surface area contributed by atoms with E-state index in [1.807, 2.05) is 6.92 Å². The van der Waals surface area contributed by atoms with E-state index in [1.54, 1.807) is 31.2 Å². The van der Waals surface area contributed by atoms with Crippen molar-refractivity contribution in [1.82, 2.24) is 5.43 Å². The van der Waals surface area contributed by atoms with Crippen molar-refractivity contribution in [3.05, 3.63) is 53.1 Å². The maximum absolute atomic E-state index is 12.8. The van der Waals surface area contributed by atoms with Crippen LogP contribution in [-0.2, 0) is 10.0 Å². The maximum Gasteiger partial charge on any atom is 0.271 e. The molecule has 0 atom stereocenters. The van der Waals surface area contributed by atoms with Crippen molar-refractivity contribution in [2.24, 2.45) is 5.10 Å². The Balaban J connectivity index is 2.35. The SMILES string of the molecule is CC/C(C)=N\NC(=O)c1ccc(Cl)c(S(=O)(=O)Nc2ccccc2OC)c1. The Bertz CT molecular complexity index is 974. The van der Waals surface area contributed by atoms with Gasteiger partial charge in [0.25, 0.3) is 15.9 Å². The van der Waals surface area contributed by atoms with Crippen LogP contribution in [0.2, 0.25) is 5.02 Å². The first-order valence-corrected chi connectivity index (χ1v) is 9.93. The molecule has 0 aliphatic heterocycles. The zero-order chi connectivity index (χ0) is 20.0. The zero-order valence-corrected chi connectivity index (χ0v) is 16.7. The van der Waals surface area contributed by atoms with Gasteiger partial charge in [0.2, 0.25) is 0 Å². The van der Waals surface area contributed by atoms with Crippen LogP contribution in [0.1, 0.15) is 30.6 Å². The van der Waals surface area contributed by atoms with E-state index >= 15 is 0 Å². The van der Waals surface area contributed by atoms with Crippen LogP contribution in [-0.4, -0.2) is 27.1 Å². The van der Waals surface area contributed by atoms with E-state index in [1.165, 1.54) is 25.3 Å². The van der Waals surface area contributed by atoms with Crippen molar-refractivity contribution in [1.29, 1.82) is 0 Å². The Kier molecular flexibility index (Phi) is 6.81. The third-order valence-corrected chi connectivity index (χ3v) is 5.54. The van der Waals surface area contributed by atoms with Crippen molar-refractivity contribution in [2.45, 2.75) is 25.2 Å². The highest BCUT2D eigenvalue weighted by Crippen LogP contribution is 2.29. The number of hydrazone groups is 1. The predicted molar refractivity (Wildman–Crippen MR) is 106 cm³/mol. The fraction of sp³-hybridized carbons (Fsp3) is 0.222.